The van der Waals surface area contributed by atoms with Gasteiger partial charge in [0.1, 0.15) is 11.5 Å². The smallest absolute Gasteiger partial charge is 0.191 e. The van der Waals surface area contributed by atoms with Crippen molar-refractivity contribution in [3.8, 4) is 11.5 Å². The van der Waals surface area contributed by atoms with Gasteiger partial charge in [0.2, 0.25) is 0 Å². The number of para-hydroxylation sites is 2. The Morgan fingerprint density at radius 1 is 0.880 bits per heavy atom. The second kappa shape index (κ2) is 10.2. The first kappa shape index (κ1) is 18.6. The lowest BCUT2D eigenvalue weighted by molar-refractivity contribution is 0.409. The van der Waals surface area contributed by atoms with Gasteiger partial charge in [0, 0.05) is 18.7 Å². The summed E-state index contributed by atoms with van der Waals surface area (Å²) < 4.78 is 10.8. The molecule has 0 spiro atoms. The van der Waals surface area contributed by atoms with Gasteiger partial charge in [0.05, 0.1) is 20.8 Å². The summed E-state index contributed by atoms with van der Waals surface area (Å²) >= 11 is 0. The summed E-state index contributed by atoms with van der Waals surface area (Å²) in [4.78, 5) is 4.65. The van der Waals surface area contributed by atoms with Crippen LogP contribution in [-0.2, 0) is 13.0 Å². The predicted molar refractivity (Wildman–Crippen MR) is 103 cm³/mol. The largest absolute Gasteiger partial charge is 0.496 e. The van der Waals surface area contributed by atoms with Crippen LogP contribution < -0.4 is 20.1 Å². The van der Waals surface area contributed by atoms with Crippen LogP contribution in [0.5, 0.6) is 11.5 Å². The maximum atomic E-state index is 5.39. The van der Waals surface area contributed by atoms with Gasteiger partial charge in [-0.2, -0.15) is 0 Å². The zero-order valence-electron chi connectivity index (χ0n) is 15.2. The summed E-state index contributed by atoms with van der Waals surface area (Å²) in [5.41, 5.74) is 2.24. The molecule has 0 aliphatic heterocycles. The van der Waals surface area contributed by atoms with Crippen molar-refractivity contribution in [2.24, 2.45) is 4.99 Å². The van der Waals surface area contributed by atoms with Crippen molar-refractivity contribution >= 4 is 5.96 Å². The summed E-state index contributed by atoms with van der Waals surface area (Å²) in [6.07, 6.45) is 0.864. The van der Waals surface area contributed by atoms with E-state index in [0.29, 0.717) is 6.54 Å². The first-order chi connectivity index (χ1) is 12.3. The fourth-order valence-corrected chi connectivity index (χ4v) is 2.56. The molecule has 0 unspecified atom stereocenters. The number of nitrogens with zero attached hydrogens (tertiary/aromatic N) is 1. The maximum Gasteiger partial charge on any atom is 0.191 e. The zero-order chi connectivity index (χ0) is 17.9. The van der Waals surface area contributed by atoms with E-state index in [4.69, 9.17) is 9.47 Å². The molecule has 0 atom stereocenters. The lowest BCUT2D eigenvalue weighted by atomic mass is 10.1. The molecule has 0 bridgehead atoms. The number of ether oxygens (including phenoxy) is 2. The zero-order valence-corrected chi connectivity index (χ0v) is 15.2. The first-order valence-electron chi connectivity index (χ1n) is 8.54. The molecule has 0 aliphatic rings. The van der Waals surface area contributed by atoms with Crippen LogP contribution in [-0.4, -0.2) is 33.3 Å². The monoisotopic (exact) mass is 341 g/mol. The Balaban J connectivity index is 1.95. The van der Waals surface area contributed by atoms with E-state index in [1.54, 1.807) is 14.2 Å². The fourth-order valence-electron chi connectivity index (χ4n) is 2.56. The number of hydrogen-bond donors (Lipinski definition) is 2. The highest BCUT2D eigenvalue weighted by molar-refractivity contribution is 5.79. The summed E-state index contributed by atoms with van der Waals surface area (Å²) in [5, 5.41) is 6.64. The van der Waals surface area contributed by atoms with Crippen molar-refractivity contribution in [2.75, 3.05) is 27.3 Å². The minimum absolute atomic E-state index is 0.563. The highest BCUT2D eigenvalue weighted by Gasteiger charge is 2.04. The van der Waals surface area contributed by atoms with Gasteiger partial charge in [0.25, 0.3) is 0 Å². The molecule has 5 heteroatoms. The molecule has 0 aliphatic carbocycles. The van der Waals surface area contributed by atoms with Gasteiger partial charge >= 0.3 is 0 Å². The number of guanidine groups is 1. The molecule has 5 nitrogen and oxygen atoms in total. The molecule has 0 radical (unpaired) electrons. The third-order valence-corrected chi connectivity index (χ3v) is 3.82. The van der Waals surface area contributed by atoms with Gasteiger partial charge in [-0.3, -0.25) is 0 Å². The normalized spacial score (nSPS) is 11.1. The molecule has 0 saturated heterocycles. The third-order valence-electron chi connectivity index (χ3n) is 3.82. The molecule has 2 aromatic carbocycles. The highest BCUT2D eigenvalue weighted by atomic mass is 16.5. The standard InChI is InChI=1S/C20H27N3O2/c1-4-21-20(23-15-17-10-6-8-12-19(17)25-3)22-14-13-16-9-5-7-11-18(16)24-2/h5-12H,4,13-15H2,1-3H3,(H2,21,22,23). The number of nitrogens with one attached hydrogen (secondary N) is 2. The first-order valence-corrected chi connectivity index (χ1v) is 8.54. The molecule has 0 amide bonds. The molecule has 25 heavy (non-hydrogen) atoms. The van der Waals surface area contributed by atoms with Crippen LogP contribution in [0.2, 0.25) is 0 Å². The van der Waals surface area contributed by atoms with E-state index in [9.17, 15) is 0 Å². The van der Waals surface area contributed by atoms with Crippen LogP contribution in [0.3, 0.4) is 0 Å². The average Bonchev–Trinajstić information content (AvgIpc) is 2.66. The number of methoxy groups -OCH3 is 2. The summed E-state index contributed by atoms with van der Waals surface area (Å²) in [7, 11) is 3.38. The predicted octanol–water partition coefficient (Wildman–Crippen LogP) is 3.00. The molecule has 0 saturated carbocycles. The van der Waals surface area contributed by atoms with Gasteiger partial charge in [-0.1, -0.05) is 36.4 Å². The van der Waals surface area contributed by atoms with E-state index in [1.807, 2.05) is 42.5 Å². The number of rotatable bonds is 8. The molecule has 0 heterocycles. The van der Waals surface area contributed by atoms with Crippen LogP contribution >= 0.6 is 0 Å². The molecule has 2 aromatic rings. The quantitative estimate of drug-likeness (QED) is 0.572. The van der Waals surface area contributed by atoms with Crippen molar-refractivity contribution in [1.29, 1.82) is 0 Å². The molecule has 2 N–H and O–H groups in total. The van der Waals surface area contributed by atoms with Crippen molar-refractivity contribution in [1.82, 2.24) is 10.6 Å². The third kappa shape index (κ3) is 5.71. The lowest BCUT2D eigenvalue weighted by Crippen LogP contribution is -2.38. The summed E-state index contributed by atoms with van der Waals surface area (Å²) in [5.74, 6) is 2.57. The van der Waals surface area contributed by atoms with Crippen molar-refractivity contribution in [3.63, 3.8) is 0 Å². The Morgan fingerprint density at radius 2 is 1.48 bits per heavy atom. The Bertz CT molecular complexity index is 686. The summed E-state index contributed by atoms with van der Waals surface area (Å²) in [6, 6.07) is 16.0. The van der Waals surface area contributed by atoms with E-state index < -0.39 is 0 Å². The molecular formula is C20H27N3O2. The Morgan fingerprint density at radius 3 is 2.12 bits per heavy atom. The van der Waals surface area contributed by atoms with Crippen LogP contribution in [0.1, 0.15) is 18.1 Å². The lowest BCUT2D eigenvalue weighted by Gasteiger charge is -2.13. The molecular weight excluding hydrogens is 314 g/mol. The maximum absolute atomic E-state index is 5.39. The van der Waals surface area contributed by atoms with E-state index in [2.05, 4.69) is 28.6 Å². The van der Waals surface area contributed by atoms with Crippen molar-refractivity contribution in [2.45, 2.75) is 19.9 Å². The number of hydrogen-bond acceptors (Lipinski definition) is 3. The van der Waals surface area contributed by atoms with Gasteiger partial charge in [-0.05, 0) is 31.0 Å². The van der Waals surface area contributed by atoms with Crippen LogP contribution in [0.25, 0.3) is 0 Å². The van der Waals surface area contributed by atoms with Crippen molar-refractivity contribution < 1.29 is 9.47 Å². The van der Waals surface area contributed by atoms with E-state index in [0.717, 1.165) is 42.5 Å². The van der Waals surface area contributed by atoms with Crippen LogP contribution in [0, 0.1) is 0 Å². The molecule has 2 rings (SSSR count). The molecule has 0 aromatic heterocycles. The van der Waals surface area contributed by atoms with E-state index in [-0.39, 0.29) is 0 Å². The Labute approximate surface area is 150 Å². The van der Waals surface area contributed by atoms with Gasteiger partial charge in [0.15, 0.2) is 5.96 Å². The highest BCUT2D eigenvalue weighted by Crippen LogP contribution is 2.18. The minimum atomic E-state index is 0.563. The van der Waals surface area contributed by atoms with E-state index >= 15 is 0 Å². The molecule has 0 fully saturated rings. The topological polar surface area (TPSA) is 54.9 Å². The van der Waals surface area contributed by atoms with Crippen LogP contribution in [0.15, 0.2) is 53.5 Å². The summed E-state index contributed by atoms with van der Waals surface area (Å²) in [6.45, 7) is 4.21. The number of aliphatic imine (C=N–C) groups is 1. The van der Waals surface area contributed by atoms with Gasteiger partial charge in [-0.15, -0.1) is 0 Å². The SMILES string of the molecule is CCNC(=NCc1ccccc1OC)NCCc1ccccc1OC. The second-order valence-corrected chi connectivity index (χ2v) is 5.50. The van der Waals surface area contributed by atoms with Crippen molar-refractivity contribution in [3.05, 3.63) is 59.7 Å². The Kier molecular flexibility index (Phi) is 7.63. The van der Waals surface area contributed by atoms with E-state index in [1.165, 1.54) is 5.56 Å². The minimum Gasteiger partial charge on any atom is -0.496 e. The average molecular weight is 341 g/mol. The van der Waals surface area contributed by atoms with Crippen LogP contribution in [0.4, 0.5) is 0 Å². The van der Waals surface area contributed by atoms with Gasteiger partial charge in [-0.25, -0.2) is 4.99 Å². The van der Waals surface area contributed by atoms with Gasteiger partial charge < -0.3 is 20.1 Å². The fraction of sp³-hybridized carbons (Fsp3) is 0.350. The second-order valence-electron chi connectivity index (χ2n) is 5.50. The molecule has 134 valence electrons. The Hall–Kier alpha value is -2.69. The number of benzene rings is 2.